The van der Waals surface area contributed by atoms with E-state index in [0.29, 0.717) is 5.56 Å². The smallest absolute Gasteiger partial charge is 0.331 e. The summed E-state index contributed by atoms with van der Waals surface area (Å²) < 4.78 is 11.5. The molecule has 1 aliphatic carbocycles. The lowest BCUT2D eigenvalue weighted by molar-refractivity contribution is -0.161. The number of carbonyl (C=O) groups excluding carboxylic acids is 4. The highest BCUT2D eigenvalue weighted by Crippen LogP contribution is 2.59. The van der Waals surface area contributed by atoms with Crippen molar-refractivity contribution in [2.45, 2.75) is 30.1 Å². The Bertz CT molecular complexity index is 1880. The molecule has 9 heteroatoms. The highest BCUT2D eigenvalue weighted by molar-refractivity contribution is 9.10. The molecule has 0 aromatic heterocycles. The first-order valence-corrected chi connectivity index (χ1v) is 16.0. The largest absolute Gasteiger partial charge is 0.468 e. The number of hydrogen-bond donors (Lipinski definition) is 2. The van der Waals surface area contributed by atoms with Gasteiger partial charge in [-0.1, -0.05) is 94.8 Å². The molecular weight excluding hydrogens is 648 g/mol. The van der Waals surface area contributed by atoms with Crippen molar-refractivity contribution in [1.29, 1.82) is 0 Å². The number of fused-ring (bicyclic) bond motifs is 3. The molecule has 0 spiro atoms. The van der Waals surface area contributed by atoms with Gasteiger partial charge in [0.25, 0.3) is 0 Å². The van der Waals surface area contributed by atoms with Gasteiger partial charge in [-0.25, -0.2) is 4.79 Å². The average molecular weight is 682 g/mol. The minimum absolute atomic E-state index is 0.277. The predicted octanol–water partition coefficient (Wildman–Crippen LogP) is 5.21. The Morgan fingerprint density at radius 1 is 0.674 bits per heavy atom. The Balaban J connectivity index is 1.46. The van der Waals surface area contributed by atoms with Crippen LogP contribution in [0, 0.1) is 23.7 Å². The van der Waals surface area contributed by atoms with Gasteiger partial charge in [-0.3, -0.25) is 25.0 Å². The predicted molar refractivity (Wildman–Crippen MR) is 174 cm³/mol. The highest BCUT2D eigenvalue weighted by atomic mass is 79.9. The van der Waals surface area contributed by atoms with Crippen LogP contribution in [0.3, 0.4) is 0 Å². The summed E-state index contributed by atoms with van der Waals surface area (Å²) in [6.07, 6.45) is 0. The van der Waals surface area contributed by atoms with Crippen LogP contribution in [0.1, 0.15) is 35.7 Å². The molecule has 0 bridgehead atoms. The zero-order chi connectivity index (χ0) is 32.4. The summed E-state index contributed by atoms with van der Waals surface area (Å²) in [6, 6.07) is 28.7. The van der Waals surface area contributed by atoms with E-state index in [2.05, 4.69) is 26.6 Å². The van der Waals surface area contributed by atoms with E-state index in [9.17, 15) is 9.59 Å². The average Bonchev–Trinajstić information content (AvgIpc) is 3.63. The zero-order valence-corrected chi connectivity index (χ0v) is 27.1. The number of Topliss-reactive ketones (excluding diaryl/α,β-unsaturated/α-hetero) is 2. The third-order valence-electron chi connectivity index (χ3n) is 10.3. The molecule has 7 rings (SSSR count). The van der Waals surface area contributed by atoms with Crippen molar-refractivity contribution in [3.05, 3.63) is 118 Å². The van der Waals surface area contributed by atoms with Crippen LogP contribution >= 0.6 is 15.9 Å². The molecular formula is C37H33BrN2O6. The number of benzene rings is 4. The van der Waals surface area contributed by atoms with Gasteiger partial charge in [0.05, 0.1) is 32.0 Å². The van der Waals surface area contributed by atoms with Crippen molar-refractivity contribution in [3.63, 3.8) is 0 Å². The maximum Gasteiger partial charge on any atom is 0.331 e. The number of ether oxygens (including phenoxy) is 2. The first-order chi connectivity index (χ1) is 22.2. The summed E-state index contributed by atoms with van der Waals surface area (Å²) >= 11 is 3.48. The van der Waals surface area contributed by atoms with E-state index in [1.807, 2.05) is 72.8 Å². The molecule has 8 nitrogen and oxygen atoms in total. The molecule has 3 aliphatic rings. The van der Waals surface area contributed by atoms with Crippen LogP contribution < -0.4 is 10.6 Å². The SMILES string of the molecule is COC(=O)[C@]1(c2ccccc2)N[C@H](c2ccc(Br)cc2)[C@@H]2C(=O)[C@@H]3[C@H](C(=O)[C@@H]21)[C@H](c1ccc2ccccc2c1)N[C@]3(C)C(=O)OC. The summed E-state index contributed by atoms with van der Waals surface area (Å²) in [5.41, 5.74) is -1.13. The third kappa shape index (κ3) is 4.32. The molecule has 3 fully saturated rings. The summed E-state index contributed by atoms with van der Waals surface area (Å²) in [7, 11) is 2.57. The first kappa shape index (κ1) is 30.5. The number of halogens is 1. The van der Waals surface area contributed by atoms with E-state index >= 15 is 9.59 Å². The maximum absolute atomic E-state index is 15.3. The van der Waals surface area contributed by atoms with Gasteiger partial charge in [0.1, 0.15) is 17.1 Å². The Morgan fingerprint density at radius 3 is 1.91 bits per heavy atom. The third-order valence-corrected chi connectivity index (χ3v) is 10.9. The van der Waals surface area contributed by atoms with E-state index in [1.54, 1.807) is 31.2 Å². The number of carbonyl (C=O) groups is 4. The van der Waals surface area contributed by atoms with Crippen LogP contribution in [0.4, 0.5) is 0 Å². The molecule has 2 aliphatic heterocycles. The zero-order valence-electron chi connectivity index (χ0n) is 25.5. The molecule has 0 unspecified atom stereocenters. The van der Waals surface area contributed by atoms with Gasteiger partial charge in [0, 0.05) is 22.5 Å². The molecule has 2 saturated heterocycles. The van der Waals surface area contributed by atoms with Gasteiger partial charge in [0.15, 0.2) is 5.54 Å². The van der Waals surface area contributed by atoms with E-state index < -0.39 is 58.8 Å². The molecule has 46 heavy (non-hydrogen) atoms. The fourth-order valence-corrected chi connectivity index (χ4v) is 8.61. The lowest BCUT2D eigenvalue weighted by atomic mass is 9.57. The molecule has 4 aromatic rings. The van der Waals surface area contributed by atoms with Crippen LogP contribution in [0.2, 0.25) is 0 Å². The van der Waals surface area contributed by atoms with Crippen molar-refractivity contribution in [1.82, 2.24) is 10.6 Å². The molecule has 4 aromatic carbocycles. The second-order valence-corrected chi connectivity index (χ2v) is 13.5. The Hall–Kier alpha value is -4.18. The Kier molecular flexibility index (Phi) is 7.46. The molecule has 2 N–H and O–H groups in total. The Labute approximate surface area is 275 Å². The Morgan fingerprint density at radius 2 is 1.24 bits per heavy atom. The van der Waals surface area contributed by atoms with Gasteiger partial charge in [-0.15, -0.1) is 0 Å². The number of hydrogen-bond acceptors (Lipinski definition) is 8. The van der Waals surface area contributed by atoms with E-state index in [4.69, 9.17) is 9.47 Å². The second kappa shape index (κ2) is 11.3. The number of rotatable bonds is 5. The molecule has 1 saturated carbocycles. The monoisotopic (exact) mass is 680 g/mol. The number of ketones is 2. The standard InChI is InChI=1S/C37H33BrN2O6/c1-36(34(43)45-2)28-26(31(39-36)23-14-13-20-9-7-8-10-22(20)19-23)33(42)29-27(32(28)41)30(21-15-17-25(38)18-16-21)40-37(29,35(44)46-3)24-11-5-4-6-12-24/h4-19,26-31,39-40H,1-3H3/t26-,27+,28-,29+,30+,31-,36-,37+/m0/s1. The van der Waals surface area contributed by atoms with Crippen LogP contribution in [-0.4, -0.2) is 43.3 Å². The quantitative estimate of drug-likeness (QED) is 0.277. The van der Waals surface area contributed by atoms with Gasteiger partial charge in [-0.2, -0.15) is 0 Å². The first-order valence-electron chi connectivity index (χ1n) is 15.2. The topological polar surface area (TPSA) is 111 Å². The summed E-state index contributed by atoms with van der Waals surface area (Å²) in [5.74, 6) is -5.94. The fraction of sp³-hybridized carbons (Fsp3) is 0.297. The minimum Gasteiger partial charge on any atom is -0.468 e. The minimum atomic E-state index is -1.66. The van der Waals surface area contributed by atoms with E-state index in [-0.39, 0.29) is 11.6 Å². The maximum atomic E-state index is 15.3. The van der Waals surface area contributed by atoms with Crippen molar-refractivity contribution >= 4 is 50.2 Å². The van der Waals surface area contributed by atoms with Crippen LogP contribution in [-0.2, 0) is 34.2 Å². The number of esters is 2. The summed E-state index contributed by atoms with van der Waals surface area (Å²) in [4.78, 5) is 58.1. The molecule has 8 atom stereocenters. The molecule has 2 heterocycles. The summed E-state index contributed by atoms with van der Waals surface area (Å²) in [6.45, 7) is 1.64. The van der Waals surface area contributed by atoms with E-state index in [1.165, 1.54) is 14.2 Å². The van der Waals surface area contributed by atoms with Gasteiger partial charge in [0.2, 0.25) is 0 Å². The van der Waals surface area contributed by atoms with Crippen LogP contribution in [0.15, 0.2) is 102 Å². The van der Waals surface area contributed by atoms with Gasteiger partial charge >= 0.3 is 11.9 Å². The van der Waals surface area contributed by atoms with Gasteiger partial charge < -0.3 is 9.47 Å². The second-order valence-electron chi connectivity index (χ2n) is 12.6. The fourth-order valence-electron chi connectivity index (χ4n) is 8.34. The van der Waals surface area contributed by atoms with Crippen molar-refractivity contribution in [3.8, 4) is 0 Å². The van der Waals surface area contributed by atoms with Crippen LogP contribution in [0.5, 0.6) is 0 Å². The van der Waals surface area contributed by atoms with Crippen LogP contribution in [0.25, 0.3) is 10.8 Å². The van der Waals surface area contributed by atoms with Crippen molar-refractivity contribution in [2.75, 3.05) is 14.2 Å². The van der Waals surface area contributed by atoms with Gasteiger partial charge in [-0.05, 0) is 52.6 Å². The number of methoxy groups -OCH3 is 2. The molecule has 0 amide bonds. The van der Waals surface area contributed by atoms with Crippen molar-refractivity contribution < 1.29 is 28.7 Å². The lowest BCUT2D eigenvalue weighted by Crippen LogP contribution is -2.60. The summed E-state index contributed by atoms with van der Waals surface area (Å²) in [5, 5.41) is 8.87. The molecule has 234 valence electrons. The number of nitrogens with one attached hydrogen (secondary N) is 2. The normalized spacial score (nSPS) is 31.7. The highest BCUT2D eigenvalue weighted by Gasteiger charge is 2.74. The van der Waals surface area contributed by atoms with Crippen molar-refractivity contribution in [2.24, 2.45) is 23.7 Å². The van der Waals surface area contributed by atoms with E-state index in [0.717, 1.165) is 26.4 Å². The lowest BCUT2D eigenvalue weighted by Gasteiger charge is -2.42. The molecule has 0 radical (unpaired) electrons.